The van der Waals surface area contributed by atoms with E-state index in [9.17, 15) is 13.2 Å². The molecule has 1 aliphatic heterocycles. The monoisotopic (exact) mass is 440 g/mol. The van der Waals surface area contributed by atoms with Gasteiger partial charge < -0.3 is 4.74 Å². The molecule has 1 aliphatic rings. The van der Waals surface area contributed by atoms with Crippen LogP contribution in [-0.4, -0.2) is 32.7 Å². The number of aromatic nitrogens is 2. The highest BCUT2D eigenvalue weighted by Crippen LogP contribution is 2.39. The number of ether oxygens (including phenoxy) is 1. The average molecular weight is 441 g/mol. The van der Waals surface area contributed by atoms with Crippen molar-refractivity contribution in [2.45, 2.75) is 31.7 Å². The first-order valence-corrected chi connectivity index (χ1v) is 9.32. The average Bonchev–Trinajstić information content (AvgIpc) is 2.70. The minimum absolute atomic E-state index is 0.0342. The molecule has 0 bridgehead atoms. The van der Waals surface area contributed by atoms with Crippen LogP contribution in [0.5, 0.6) is 5.75 Å². The Bertz CT molecular complexity index is 994. The van der Waals surface area contributed by atoms with Crippen LogP contribution < -0.4 is 16.3 Å². The van der Waals surface area contributed by atoms with Crippen LogP contribution in [0, 0.1) is 0 Å². The molecule has 3 rings (SSSR count). The number of aliphatic imine (C=N–C) groups is 1. The number of nitrogens with two attached hydrogens (primary N) is 2. The van der Waals surface area contributed by atoms with E-state index in [1.807, 2.05) is 13.8 Å². The Hall–Kier alpha value is -2.69. The minimum Gasteiger partial charge on any atom is -0.489 e. The Labute approximate surface area is 176 Å². The summed E-state index contributed by atoms with van der Waals surface area (Å²) in [6.07, 6.45) is 1.38. The van der Waals surface area contributed by atoms with Gasteiger partial charge in [0.25, 0.3) is 0 Å². The maximum Gasteiger partial charge on any atom is 0.416 e. The van der Waals surface area contributed by atoms with E-state index in [1.54, 1.807) is 6.20 Å². The summed E-state index contributed by atoms with van der Waals surface area (Å²) in [6.45, 7) is 3.80. The number of rotatable bonds is 6. The predicted molar refractivity (Wildman–Crippen MR) is 107 cm³/mol. The van der Waals surface area contributed by atoms with Crippen molar-refractivity contribution in [3.05, 3.63) is 54.1 Å². The number of hydrogen-bond donors (Lipinski definition) is 2. The number of benzene rings is 1. The summed E-state index contributed by atoms with van der Waals surface area (Å²) in [5.74, 6) is 4.38. The summed E-state index contributed by atoms with van der Waals surface area (Å²) in [5, 5.41) is 1.10. The van der Waals surface area contributed by atoms with Crippen LogP contribution in [-0.2, 0) is 6.18 Å². The summed E-state index contributed by atoms with van der Waals surface area (Å²) in [4.78, 5) is 12.2. The molecule has 2 heterocycles. The van der Waals surface area contributed by atoms with E-state index in [0.29, 0.717) is 16.8 Å². The van der Waals surface area contributed by atoms with Crippen LogP contribution in [0.25, 0.3) is 11.1 Å². The fraction of sp³-hybridized carbons (Fsp3) is 0.316. The van der Waals surface area contributed by atoms with Gasteiger partial charge in [0.15, 0.2) is 0 Å². The Morgan fingerprint density at radius 3 is 2.63 bits per heavy atom. The fourth-order valence-electron chi connectivity index (χ4n) is 2.88. The Morgan fingerprint density at radius 2 is 2.03 bits per heavy atom. The molecule has 30 heavy (non-hydrogen) atoms. The highest BCUT2D eigenvalue weighted by atomic mass is 35.5. The molecule has 1 atom stereocenters. The van der Waals surface area contributed by atoms with Gasteiger partial charge in [-0.25, -0.2) is 25.8 Å². The predicted octanol–water partition coefficient (Wildman–Crippen LogP) is 3.62. The Kier molecular flexibility index (Phi) is 6.02. The van der Waals surface area contributed by atoms with Crippen LogP contribution in [0.1, 0.15) is 31.0 Å². The molecule has 0 fully saturated rings. The van der Waals surface area contributed by atoms with E-state index < -0.39 is 17.5 Å². The molecule has 0 spiro atoms. The van der Waals surface area contributed by atoms with E-state index in [0.717, 1.165) is 17.1 Å². The number of amidine groups is 1. The van der Waals surface area contributed by atoms with Crippen molar-refractivity contribution in [2.75, 3.05) is 6.61 Å². The van der Waals surface area contributed by atoms with Gasteiger partial charge in [-0.1, -0.05) is 13.8 Å². The van der Waals surface area contributed by atoms with Crippen LogP contribution >= 0.6 is 11.6 Å². The number of hydrogen-bond acceptors (Lipinski definition) is 7. The Morgan fingerprint density at radius 1 is 1.30 bits per heavy atom. The number of hydrazine groups is 1. The van der Waals surface area contributed by atoms with E-state index in [-0.39, 0.29) is 23.6 Å². The summed E-state index contributed by atoms with van der Waals surface area (Å²) in [5.41, 5.74) is 6.81. The second-order valence-corrected chi connectivity index (χ2v) is 7.27. The van der Waals surface area contributed by atoms with Gasteiger partial charge in [0, 0.05) is 17.3 Å². The van der Waals surface area contributed by atoms with Gasteiger partial charge >= 0.3 is 6.18 Å². The molecular weight excluding hydrogens is 421 g/mol. The molecule has 0 aliphatic carbocycles. The third kappa shape index (κ3) is 4.40. The van der Waals surface area contributed by atoms with Crippen LogP contribution in [0.3, 0.4) is 0 Å². The van der Waals surface area contributed by atoms with E-state index in [2.05, 4.69) is 15.0 Å². The summed E-state index contributed by atoms with van der Waals surface area (Å²) in [7, 11) is 0. The molecular formula is C19H20ClF3N6O. The van der Waals surface area contributed by atoms with Gasteiger partial charge in [-0.15, -0.1) is 0 Å². The van der Waals surface area contributed by atoms with Crippen molar-refractivity contribution in [1.29, 1.82) is 0 Å². The van der Waals surface area contributed by atoms with Crippen molar-refractivity contribution < 1.29 is 17.9 Å². The standard InChI is InChI=1S/C19H20ClF3N6O/c1-11(2)16-14(9-26-10-27-16)13-5-4-12(19(21,22)23)8-15(13)30-7-3-6-18(24)28-17(20)29(18)25/h3-6,8-11H,7,24-25H2,1-2H3/b6-3-/t18-/m1/s1. The van der Waals surface area contributed by atoms with Crippen molar-refractivity contribution in [3.63, 3.8) is 0 Å². The van der Waals surface area contributed by atoms with Gasteiger partial charge in [-0.3, -0.25) is 5.73 Å². The zero-order valence-electron chi connectivity index (χ0n) is 16.2. The zero-order valence-corrected chi connectivity index (χ0v) is 16.9. The van der Waals surface area contributed by atoms with Crippen molar-refractivity contribution in [3.8, 4) is 16.9 Å². The molecule has 0 radical (unpaired) electrons. The lowest BCUT2D eigenvalue weighted by Crippen LogP contribution is -2.65. The quantitative estimate of drug-likeness (QED) is 0.404. The Balaban J connectivity index is 1.92. The van der Waals surface area contributed by atoms with Gasteiger partial charge in [0.1, 0.15) is 18.7 Å². The minimum atomic E-state index is -4.51. The third-order valence-electron chi connectivity index (χ3n) is 4.44. The summed E-state index contributed by atoms with van der Waals surface area (Å²) < 4.78 is 45.3. The van der Waals surface area contributed by atoms with Crippen molar-refractivity contribution >= 4 is 16.9 Å². The third-order valence-corrected chi connectivity index (χ3v) is 4.71. The number of nitrogens with zero attached hydrogens (tertiary/aromatic N) is 4. The molecule has 1 aromatic heterocycles. The topological polar surface area (TPSA) is 103 Å². The smallest absolute Gasteiger partial charge is 0.416 e. The van der Waals surface area contributed by atoms with Crippen LogP contribution in [0.4, 0.5) is 13.2 Å². The molecule has 11 heteroatoms. The van der Waals surface area contributed by atoms with Crippen molar-refractivity contribution in [2.24, 2.45) is 16.6 Å². The number of halogens is 4. The molecule has 160 valence electrons. The summed E-state index contributed by atoms with van der Waals surface area (Å²) in [6, 6.07) is 3.31. The largest absolute Gasteiger partial charge is 0.489 e. The molecule has 1 aromatic carbocycles. The zero-order chi connectivity index (χ0) is 22.1. The first-order chi connectivity index (χ1) is 14.0. The van der Waals surface area contributed by atoms with Gasteiger partial charge in [-0.05, 0) is 47.9 Å². The van der Waals surface area contributed by atoms with E-state index >= 15 is 0 Å². The lowest BCUT2D eigenvalue weighted by molar-refractivity contribution is -0.137. The molecule has 0 amide bonds. The summed E-state index contributed by atoms with van der Waals surface area (Å²) >= 11 is 5.67. The lowest BCUT2D eigenvalue weighted by atomic mass is 9.97. The van der Waals surface area contributed by atoms with Gasteiger partial charge in [-0.2, -0.15) is 13.2 Å². The van der Waals surface area contributed by atoms with Gasteiger partial charge in [0.05, 0.1) is 11.3 Å². The molecule has 0 saturated carbocycles. The molecule has 0 saturated heterocycles. The van der Waals surface area contributed by atoms with E-state index in [1.165, 1.54) is 24.5 Å². The SMILES string of the molecule is CC(C)c1ncncc1-c1ccc(C(F)(F)F)cc1OC/C=C\[C@@]1(N)N=C(Cl)N1N. The maximum atomic E-state index is 13.2. The fourth-order valence-corrected chi connectivity index (χ4v) is 3.15. The normalized spacial score (nSPS) is 19.2. The van der Waals surface area contributed by atoms with E-state index in [4.69, 9.17) is 27.9 Å². The van der Waals surface area contributed by atoms with Gasteiger partial charge in [0.2, 0.25) is 11.1 Å². The second-order valence-electron chi connectivity index (χ2n) is 6.93. The highest BCUT2D eigenvalue weighted by Gasteiger charge is 2.38. The second kappa shape index (κ2) is 8.21. The lowest BCUT2D eigenvalue weighted by Gasteiger charge is -2.39. The molecule has 7 nitrogen and oxygen atoms in total. The molecule has 0 unspecified atom stereocenters. The number of alkyl halides is 3. The van der Waals surface area contributed by atoms with Crippen LogP contribution in [0.2, 0.25) is 0 Å². The maximum absolute atomic E-state index is 13.2. The first-order valence-electron chi connectivity index (χ1n) is 8.94. The first kappa shape index (κ1) is 22.0. The van der Waals surface area contributed by atoms with Crippen LogP contribution in [0.15, 0.2) is 47.9 Å². The highest BCUT2D eigenvalue weighted by molar-refractivity contribution is 6.65. The van der Waals surface area contributed by atoms with Crippen molar-refractivity contribution in [1.82, 2.24) is 15.0 Å². The molecule has 4 N–H and O–H groups in total. The molecule has 2 aromatic rings.